The van der Waals surface area contributed by atoms with E-state index in [9.17, 15) is 0 Å². The Morgan fingerprint density at radius 2 is 1.10 bits per heavy atom. The van der Waals surface area contributed by atoms with E-state index in [0.29, 0.717) is 5.39 Å². The molecule has 0 spiro atoms. The first-order chi connectivity index (χ1) is 19.2. The highest BCUT2D eigenvalue weighted by molar-refractivity contribution is 5.85. The van der Waals surface area contributed by atoms with Crippen molar-refractivity contribution < 1.29 is 4.39 Å². The Balaban J connectivity index is 1.35. The monoisotopic (exact) mass is 518 g/mol. The van der Waals surface area contributed by atoms with E-state index in [4.69, 9.17) is 0 Å². The van der Waals surface area contributed by atoms with Crippen LogP contribution < -0.4 is 0 Å². The molecule has 0 saturated carbocycles. The number of hydrogen-bond acceptors (Lipinski definition) is 0. The third-order valence-corrected chi connectivity index (χ3v) is 7.68. The third kappa shape index (κ3) is 8.56. The van der Waals surface area contributed by atoms with Crippen LogP contribution in [0.2, 0.25) is 0 Å². The zero-order chi connectivity index (χ0) is 27.3. The zero-order valence-electron chi connectivity index (χ0n) is 23.9. The van der Waals surface area contributed by atoms with Crippen LogP contribution in [0.3, 0.4) is 0 Å². The van der Waals surface area contributed by atoms with E-state index in [-0.39, 0.29) is 5.82 Å². The van der Waals surface area contributed by atoms with Gasteiger partial charge in [-0.15, -0.1) is 0 Å². The third-order valence-electron chi connectivity index (χ3n) is 7.68. The molecule has 0 heterocycles. The van der Waals surface area contributed by atoms with Gasteiger partial charge in [0.2, 0.25) is 0 Å². The van der Waals surface area contributed by atoms with Crippen molar-refractivity contribution in [1.82, 2.24) is 0 Å². The Morgan fingerprint density at radius 1 is 0.538 bits per heavy atom. The van der Waals surface area contributed by atoms with E-state index in [2.05, 4.69) is 74.2 Å². The second-order valence-electron chi connectivity index (χ2n) is 10.8. The summed E-state index contributed by atoms with van der Waals surface area (Å²) in [6.07, 6.45) is 14.5. The maximum Gasteiger partial charge on any atom is 0.134 e. The van der Waals surface area contributed by atoms with Crippen molar-refractivity contribution in [3.63, 3.8) is 0 Å². The maximum atomic E-state index is 15.1. The van der Waals surface area contributed by atoms with Gasteiger partial charge in [-0.2, -0.15) is 0 Å². The van der Waals surface area contributed by atoms with Gasteiger partial charge in [0, 0.05) is 16.5 Å². The molecule has 4 rings (SSSR count). The fourth-order valence-corrected chi connectivity index (χ4v) is 5.21. The van der Waals surface area contributed by atoms with E-state index >= 15 is 4.39 Å². The molecule has 0 bridgehead atoms. The lowest BCUT2D eigenvalue weighted by molar-refractivity contribution is 0.595. The van der Waals surface area contributed by atoms with Gasteiger partial charge in [-0.05, 0) is 77.6 Å². The highest BCUT2D eigenvalue weighted by Gasteiger charge is 2.08. The first-order valence-corrected chi connectivity index (χ1v) is 15.1. The van der Waals surface area contributed by atoms with Crippen LogP contribution in [-0.4, -0.2) is 0 Å². The molecule has 0 N–H and O–H groups in total. The average molecular weight is 519 g/mol. The SMILES string of the molecule is CCCCCCCc1ccc(-c2ccc(C#Cc3ccc4c(F)c(CCCCCCC)ccc4c3)cc2)cc1. The molecule has 0 radical (unpaired) electrons. The van der Waals surface area contributed by atoms with Gasteiger partial charge in [0.25, 0.3) is 0 Å². The fourth-order valence-electron chi connectivity index (χ4n) is 5.21. The summed E-state index contributed by atoms with van der Waals surface area (Å²) in [6, 6.07) is 27.2. The minimum absolute atomic E-state index is 0.0712. The lowest BCUT2D eigenvalue weighted by Crippen LogP contribution is -1.93. The molecule has 39 heavy (non-hydrogen) atoms. The molecule has 0 unspecified atom stereocenters. The largest absolute Gasteiger partial charge is 0.206 e. The van der Waals surface area contributed by atoms with E-state index in [0.717, 1.165) is 34.9 Å². The summed E-state index contributed by atoms with van der Waals surface area (Å²) >= 11 is 0. The van der Waals surface area contributed by atoms with Gasteiger partial charge in [-0.3, -0.25) is 0 Å². The van der Waals surface area contributed by atoms with E-state index in [1.807, 2.05) is 30.3 Å². The lowest BCUT2D eigenvalue weighted by Gasteiger charge is -2.07. The first-order valence-electron chi connectivity index (χ1n) is 15.1. The van der Waals surface area contributed by atoms with Crippen molar-refractivity contribution >= 4 is 10.8 Å². The van der Waals surface area contributed by atoms with Crippen molar-refractivity contribution in [3.05, 3.63) is 107 Å². The molecule has 0 nitrogen and oxygen atoms in total. The number of unbranched alkanes of at least 4 members (excludes halogenated alkanes) is 8. The normalized spacial score (nSPS) is 10.9. The predicted molar refractivity (Wildman–Crippen MR) is 167 cm³/mol. The van der Waals surface area contributed by atoms with E-state index < -0.39 is 0 Å². The van der Waals surface area contributed by atoms with Gasteiger partial charge in [0.1, 0.15) is 5.82 Å². The van der Waals surface area contributed by atoms with Crippen LogP contribution in [0.4, 0.5) is 4.39 Å². The van der Waals surface area contributed by atoms with Crippen LogP contribution >= 0.6 is 0 Å². The zero-order valence-corrected chi connectivity index (χ0v) is 23.9. The maximum absolute atomic E-state index is 15.1. The number of hydrogen-bond donors (Lipinski definition) is 0. The molecule has 0 amide bonds. The van der Waals surface area contributed by atoms with E-state index in [1.165, 1.54) is 80.9 Å². The molecule has 202 valence electrons. The summed E-state index contributed by atoms with van der Waals surface area (Å²) in [7, 11) is 0. The second kappa shape index (κ2) is 15.3. The summed E-state index contributed by atoms with van der Waals surface area (Å²) in [5.41, 5.74) is 6.58. The van der Waals surface area contributed by atoms with Crippen molar-refractivity contribution in [2.45, 2.75) is 90.9 Å². The van der Waals surface area contributed by atoms with Crippen LogP contribution in [0.15, 0.2) is 78.9 Å². The van der Waals surface area contributed by atoms with Gasteiger partial charge in [-0.1, -0.05) is 132 Å². The molecule has 0 aliphatic rings. The molecular formula is C38H43F. The number of benzene rings is 4. The molecule has 0 aliphatic heterocycles. The van der Waals surface area contributed by atoms with Crippen LogP contribution in [0.1, 0.15) is 100 Å². The smallest absolute Gasteiger partial charge is 0.134 e. The summed E-state index contributed by atoms with van der Waals surface area (Å²) in [5.74, 6) is 6.47. The lowest BCUT2D eigenvalue weighted by atomic mass is 9.99. The van der Waals surface area contributed by atoms with Crippen molar-refractivity contribution in [1.29, 1.82) is 0 Å². The molecule has 1 heteroatoms. The first kappa shape index (κ1) is 28.6. The van der Waals surface area contributed by atoms with Crippen LogP contribution in [0, 0.1) is 17.7 Å². The highest BCUT2D eigenvalue weighted by Crippen LogP contribution is 2.24. The van der Waals surface area contributed by atoms with Gasteiger partial charge >= 0.3 is 0 Å². The summed E-state index contributed by atoms with van der Waals surface area (Å²) in [5, 5.41) is 1.60. The average Bonchev–Trinajstić information content (AvgIpc) is 2.97. The Bertz CT molecular complexity index is 1370. The number of rotatable bonds is 13. The van der Waals surface area contributed by atoms with Gasteiger partial charge in [0.05, 0.1) is 0 Å². The number of aryl methyl sites for hydroxylation is 2. The summed E-state index contributed by atoms with van der Waals surface area (Å²) in [6.45, 7) is 4.48. The number of halogens is 1. The Kier molecular flexibility index (Phi) is 11.2. The summed E-state index contributed by atoms with van der Waals surface area (Å²) < 4.78 is 15.1. The minimum atomic E-state index is -0.0712. The Morgan fingerprint density at radius 3 is 1.77 bits per heavy atom. The predicted octanol–water partition coefficient (Wildman–Crippen LogP) is 11.1. The molecule has 4 aromatic carbocycles. The second-order valence-corrected chi connectivity index (χ2v) is 10.8. The number of fused-ring (bicyclic) bond motifs is 1. The van der Waals surface area contributed by atoms with Crippen LogP contribution in [0.5, 0.6) is 0 Å². The molecule has 0 aliphatic carbocycles. The minimum Gasteiger partial charge on any atom is -0.206 e. The van der Waals surface area contributed by atoms with E-state index in [1.54, 1.807) is 0 Å². The molecule has 0 fully saturated rings. The van der Waals surface area contributed by atoms with Gasteiger partial charge in [-0.25, -0.2) is 4.39 Å². The molecule has 0 atom stereocenters. The van der Waals surface area contributed by atoms with Crippen molar-refractivity contribution in [3.8, 4) is 23.0 Å². The molecule has 0 aromatic heterocycles. The van der Waals surface area contributed by atoms with Crippen molar-refractivity contribution in [2.75, 3.05) is 0 Å². The Labute approximate surface area is 235 Å². The Hall–Kier alpha value is -3.37. The topological polar surface area (TPSA) is 0 Å². The molecule has 0 saturated heterocycles. The van der Waals surface area contributed by atoms with Gasteiger partial charge in [0.15, 0.2) is 0 Å². The van der Waals surface area contributed by atoms with Crippen molar-refractivity contribution in [2.24, 2.45) is 0 Å². The summed E-state index contributed by atoms with van der Waals surface area (Å²) in [4.78, 5) is 0. The quantitative estimate of drug-likeness (QED) is 0.122. The molecular weight excluding hydrogens is 475 g/mol. The molecule has 4 aromatic rings. The standard InChI is InChI=1S/C38H43F/c1-3-5-7-9-11-13-30-17-22-33(23-18-30)34-24-19-31(20-25-34)15-16-32-21-28-37-36(29-32)27-26-35(38(37)39)14-12-10-8-6-4-2/h17-29H,3-14H2,1-2H3. The fraction of sp³-hybridized carbons (Fsp3) is 0.368. The van der Waals surface area contributed by atoms with Gasteiger partial charge < -0.3 is 0 Å². The highest BCUT2D eigenvalue weighted by atomic mass is 19.1. The van der Waals surface area contributed by atoms with Crippen LogP contribution in [-0.2, 0) is 12.8 Å². The van der Waals surface area contributed by atoms with Crippen LogP contribution in [0.25, 0.3) is 21.9 Å².